The van der Waals surface area contributed by atoms with Crippen LogP contribution in [0.2, 0.25) is 0 Å². The van der Waals surface area contributed by atoms with Gasteiger partial charge in [-0.1, -0.05) is 6.07 Å². The van der Waals surface area contributed by atoms with Gasteiger partial charge in [0.1, 0.15) is 5.69 Å². The Kier molecular flexibility index (Phi) is 5.44. The number of hydrogen-bond donors (Lipinski definition) is 2. The van der Waals surface area contributed by atoms with Crippen LogP contribution < -0.4 is 5.32 Å². The number of carbonyl (C=O) groups excluding carboxylic acids is 2. The first-order valence-electron chi connectivity index (χ1n) is 7.98. The molecule has 0 aromatic carbocycles. The van der Waals surface area contributed by atoms with Crippen LogP contribution in [0.25, 0.3) is 0 Å². The molecule has 6 nitrogen and oxygen atoms in total. The van der Waals surface area contributed by atoms with E-state index in [0.717, 1.165) is 13.1 Å². The first-order chi connectivity index (χ1) is 11.6. The maximum Gasteiger partial charge on any atom is 0.267 e. The van der Waals surface area contributed by atoms with Crippen LogP contribution >= 0.6 is 11.3 Å². The number of morpholine rings is 1. The van der Waals surface area contributed by atoms with Crippen molar-refractivity contribution in [3.05, 3.63) is 45.9 Å². The number of ether oxygens (including phenoxy) is 1. The van der Waals surface area contributed by atoms with Gasteiger partial charge in [0.05, 0.1) is 19.3 Å². The molecule has 0 unspecified atom stereocenters. The summed E-state index contributed by atoms with van der Waals surface area (Å²) in [7, 11) is 0. The van der Waals surface area contributed by atoms with E-state index in [1.54, 1.807) is 23.6 Å². The van der Waals surface area contributed by atoms with E-state index in [0.29, 0.717) is 31.0 Å². The highest BCUT2D eigenvalue weighted by Gasteiger charge is 2.24. The minimum atomic E-state index is -0.197. The van der Waals surface area contributed by atoms with Crippen molar-refractivity contribution in [2.45, 2.75) is 13.0 Å². The number of Topliss-reactive ketones (excluding diaryl/α,β-unsaturated/α-hetero) is 1. The van der Waals surface area contributed by atoms with Crippen LogP contribution in [0.4, 0.5) is 0 Å². The molecule has 1 fully saturated rings. The lowest BCUT2D eigenvalue weighted by Crippen LogP contribution is -2.43. The molecular formula is C17H21N3O3S. The predicted octanol–water partition coefficient (Wildman–Crippen LogP) is 2.08. The first-order valence-corrected chi connectivity index (χ1v) is 8.86. The number of hydrogen-bond acceptors (Lipinski definition) is 5. The number of nitrogens with one attached hydrogen (secondary N) is 2. The fraction of sp³-hybridized carbons (Fsp3) is 0.412. The smallest absolute Gasteiger partial charge is 0.267 e. The topological polar surface area (TPSA) is 74.4 Å². The van der Waals surface area contributed by atoms with E-state index in [1.807, 2.05) is 6.07 Å². The number of aromatic amines is 1. The molecule has 0 spiro atoms. The molecule has 1 amide bonds. The Morgan fingerprint density at radius 1 is 1.42 bits per heavy atom. The summed E-state index contributed by atoms with van der Waals surface area (Å²) in [5.41, 5.74) is 0.926. The van der Waals surface area contributed by atoms with E-state index in [9.17, 15) is 9.59 Å². The molecule has 1 saturated heterocycles. The fourth-order valence-electron chi connectivity index (χ4n) is 2.79. The summed E-state index contributed by atoms with van der Waals surface area (Å²) in [6, 6.07) is 5.85. The predicted molar refractivity (Wildman–Crippen MR) is 92.6 cm³/mol. The summed E-state index contributed by atoms with van der Waals surface area (Å²) in [6.45, 7) is 5.15. The molecule has 24 heavy (non-hydrogen) atoms. The summed E-state index contributed by atoms with van der Waals surface area (Å²) in [5.74, 6) is -0.257. The van der Waals surface area contributed by atoms with Crippen LogP contribution in [0.1, 0.15) is 38.7 Å². The molecule has 128 valence electrons. The minimum Gasteiger partial charge on any atom is -0.379 e. The molecule has 2 aromatic heterocycles. The van der Waals surface area contributed by atoms with Crippen molar-refractivity contribution >= 4 is 23.0 Å². The summed E-state index contributed by atoms with van der Waals surface area (Å²) in [5, 5.41) is 5.03. The van der Waals surface area contributed by atoms with Gasteiger partial charge in [0.25, 0.3) is 5.91 Å². The molecule has 0 aliphatic carbocycles. The van der Waals surface area contributed by atoms with E-state index >= 15 is 0 Å². The monoisotopic (exact) mass is 347 g/mol. The van der Waals surface area contributed by atoms with Crippen molar-refractivity contribution in [1.29, 1.82) is 0 Å². The highest BCUT2D eigenvalue weighted by Crippen LogP contribution is 2.25. The lowest BCUT2D eigenvalue weighted by Gasteiger charge is -2.34. The third-order valence-electron chi connectivity index (χ3n) is 4.15. The number of H-pyrrole nitrogens is 1. The van der Waals surface area contributed by atoms with Crippen LogP contribution in [0, 0.1) is 0 Å². The Morgan fingerprint density at radius 2 is 2.21 bits per heavy atom. The largest absolute Gasteiger partial charge is 0.379 e. The van der Waals surface area contributed by atoms with Gasteiger partial charge in [0, 0.05) is 36.3 Å². The van der Waals surface area contributed by atoms with E-state index in [4.69, 9.17) is 4.74 Å². The highest BCUT2D eigenvalue weighted by molar-refractivity contribution is 7.10. The molecular weight excluding hydrogens is 326 g/mol. The van der Waals surface area contributed by atoms with Gasteiger partial charge in [-0.3, -0.25) is 14.5 Å². The van der Waals surface area contributed by atoms with E-state index in [2.05, 4.69) is 26.6 Å². The van der Waals surface area contributed by atoms with Crippen molar-refractivity contribution in [1.82, 2.24) is 15.2 Å². The highest BCUT2D eigenvalue weighted by atomic mass is 32.1. The second kappa shape index (κ2) is 7.74. The van der Waals surface area contributed by atoms with Gasteiger partial charge < -0.3 is 15.0 Å². The second-order valence-electron chi connectivity index (χ2n) is 5.75. The number of rotatable bonds is 6. The van der Waals surface area contributed by atoms with Crippen molar-refractivity contribution in [2.75, 3.05) is 32.8 Å². The second-order valence-corrected chi connectivity index (χ2v) is 6.73. The maximum absolute atomic E-state index is 12.3. The van der Waals surface area contributed by atoms with Gasteiger partial charge in [-0.2, -0.15) is 0 Å². The van der Waals surface area contributed by atoms with Crippen molar-refractivity contribution in [2.24, 2.45) is 0 Å². The number of thiophene rings is 1. The lowest BCUT2D eigenvalue weighted by molar-refractivity contribution is 0.0169. The Balaban J connectivity index is 1.66. The first kappa shape index (κ1) is 16.9. The summed E-state index contributed by atoms with van der Waals surface area (Å²) in [4.78, 5) is 30.1. The van der Waals surface area contributed by atoms with Gasteiger partial charge in [-0.15, -0.1) is 11.3 Å². The minimum absolute atomic E-state index is 0.0601. The van der Waals surface area contributed by atoms with Crippen LogP contribution in [0.5, 0.6) is 0 Å². The Bertz CT molecular complexity index is 690. The number of nitrogens with zero attached hydrogens (tertiary/aromatic N) is 1. The Morgan fingerprint density at radius 3 is 2.83 bits per heavy atom. The SMILES string of the molecule is CC(=O)c1c[nH]c(C(=O)NC[C@@H](c2cccs2)N2CCOCC2)c1. The molecule has 3 rings (SSSR count). The molecule has 1 aliphatic heterocycles. The van der Waals surface area contributed by atoms with Gasteiger partial charge in [-0.05, 0) is 24.4 Å². The Hall–Kier alpha value is -1.96. The maximum atomic E-state index is 12.3. The summed E-state index contributed by atoms with van der Waals surface area (Å²) < 4.78 is 5.42. The number of carbonyl (C=O) groups is 2. The molecule has 1 aliphatic rings. The van der Waals surface area contributed by atoms with E-state index in [-0.39, 0.29) is 17.7 Å². The van der Waals surface area contributed by atoms with Crippen LogP contribution in [0.15, 0.2) is 29.8 Å². The fourth-order valence-corrected chi connectivity index (χ4v) is 3.65. The molecule has 0 bridgehead atoms. The lowest BCUT2D eigenvalue weighted by atomic mass is 10.2. The van der Waals surface area contributed by atoms with Gasteiger partial charge >= 0.3 is 0 Å². The third-order valence-corrected chi connectivity index (χ3v) is 5.12. The average Bonchev–Trinajstić information content (AvgIpc) is 3.28. The van der Waals surface area contributed by atoms with Crippen molar-refractivity contribution in [3.63, 3.8) is 0 Å². The molecule has 2 aromatic rings. The van der Waals surface area contributed by atoms with Gasteiger partial charge in [0.15, 0.2) is 5.78 Å². The summed E-state index contributed by atoms with van der Waals surface area (Å²) in [6.07, 6.45) is 1.57. The zero-order valence-electron chi connectivity index (χ0n) is 13.6. The third kappa shape index (κ3) is 3.92. The average molecular weight is 347 g/mol. The molecule has 7 heteroatoms. The van der Waals surface area contributed by atoms with Crippen LogP contribution in [-0.2, 0) is 4.74 Å². The Labute approximate surface area is 144 Å². The molecule has 0 saturated carbocycles. The number of aromatic nitrogens is 1. The quantitative estimate of drug-likeness (QED) is 0.785. The number of amides is 1. The zero-order chi connectivity index (χ0) is 16.9. The number of ketones is 1. The van der Waals surface area contributed by atoms with Crippen molar-refractivity contribution < 1.29 is 14.3 Å². The van der Waals surface area contributed by atoms with Crippen molar-refractivity contribution in [3.8, 4) is 0 Å². The van der Waals surface area contributed by atoms with E-state index in [1.165, 1.54) is 11.8 Å². The standard InChI is InChI=1S/C17H21N3O3S/c1-12(21)13-9-14(18-10-13)17(22)19-11-15(16-3-2-8-24-16)20-4-6-23-7-5-20/h2-3,8-10,15,18H,4-7,11H2,1H3,(H,19,22)/t15-/m0/s1. The molecule has 1 atom stereocenters. The van der Waals surface area contributed by atoms with Gasteiger partial charge in [-0.25, -0.2) is 0 Å². The molecule has 0 radical (unpaired) electrons. The van der Waals surface area contributed by atoms with Gasteiger partial charge in [0.2, 0.25) is 0 Å². The van der Waals surface area contributed by atoms with E-state index < -0.39 is 0 Å². The molecule has 2 N–H and O–H groups in total. The summed E-state index contributed by atoms with van der Waals surface area (Å²) >= 11 is 1.69. The van der Waals surface area contributed by atoms with Crippen LogP contribution in [0.3, 0.4) is 0 Å². The zero-order valence-corrected chi connectivity index (χ0v) is 14.4. The van der Waals surface area contributed by atoms with Crippen LogP contribution in [-0.4, -0.2) is 54.4 Å². The molecule has 3 heterocycles. The normalized spacial score (nSPS) is 16.7.